The predicted molar refractivity (Wildman–Crippen MR) is 128 cm³/mol. The zero-order valence-corrected chi connectivity index (χ0v) is 18.7. The Morgan fingerprint density at radius 2 is 0.903 bits per heavy atom. The van der Waals surface area contributed by atoms with Crippen molar-refractivity contribution < 1.29 is 9.47 Å². The minimum atomic E-state index is 0.551. The maximum atomic E-state index is 6.20. The predicted octanol–water partition coefficient (Wildman–Crippen LogP) is 7.61. The van der Waals surface area contributed by atoms with E-state index >= 15 is 0 Å². The van der Waals surface area contributed by atoms with Crippen LogP contribution in [-0.4, -0.2) is 0 Å². The van der Waals surface area contributed by atoms with E-state index in [-0.39, 0.29) is 0 Å². The molecule has 4 aromatic rings. The Hall–Kier alpha value is -3.17. The van der Waals surface area contributed by atoms with Crippen LogP contribution >= 0.6 is 11.8 Å². The molecule has 0 atom stereocenters. The molecule has 0 fully saturated rings. The first-order chi connectivity index (χ1) is 15.2. The average molecular weight is 427 g/mol. The maximum Gasteiger partial charge on any atom is 0.133 e. The highest BCUT2D eigenvalue weighted by Gasteiger charge is 2.11. The largest absolute Gasteiger partial charge is 0.488 e. The molecule has 0 aliphatic carbocycles. The number of aryl methyl sites for hydroxylation is 2. The van der Waals surface area contributed by atoms with Crippen molar-refractivity contribution >= 4 is 11.8 Å². The summed E-state index contributed by atoms with van der Waals surface area (Å²) in [5, 5.41) is 0. The molecule has 0 aliphatic heterocycles. The summed E-state index contributed by atoms with van der Waals surface area (Å²) in [6.07, 6.45) is 0. The second-order valence-electron chi connectivity index (χ2n) is 7.43. The zero-order valence-electron chi connectivity index (χ0n) is 17.9. The van der Waals surface area contributed by atoms with Crippen LogP contribution in [0.25, 0.3) is 0 Å². The summed E-state index contributed by atoms with van der Waals surface area (Å²) in [6, 6.07) is 33.0. The Balaban J connectivity index is 1.50. The molecule has 0 spiro atoms. The van der Waals surface area contributed by atoms with Crippen LogP contribution in [-0.2, 0) is 13.2 Å². The van der Waals surface area contributed by atoms with Gasteiger partial charge in [0.05, 0.1) is 9.79 Å². The van der Waals surface area contributed by atoms with E-state index in [1.165, 1.54) is 22.3 Å². The molecule has 0 aliphatic rings. The molecule has 0 heterocycles. The Bertz CT molecular complexity index is 1060. The van der Waals surface area contributed by atoms with E-state index in [9.17, 15) is 0 Å². The normalized spacial score (nSPS) is 10.6. The third kappa shape index (κ3) is 5.50. The van der Waals surface area contributed by atoms with E-state index in [0.717, 1.165) is 21.3 Å². The highest BCUT2D eigenvalue weighted by atomic mass is 32.2. The lowest BCUT2D eigenvalue weighted by atomic mass is 10.1. The smallest absolute Gasteiger partial charge is 0.133 e. The number of ether oxygens (including phenoxy) is 2. The molecule has 0 saturated carbocycles. The molecule has 4 rings (SSSR count). The van der Waals surface area contributed by atoms with Crippen molar-refractivity contribution in [2.24, 2.45) is 0 Å². The maximum absolute atomic E-state index is 6.20. The van der Waals surface area contributed by atoms with Gasteiger partial charge in [-0.05, 0) is 60.4 Å². The van der Waals surface area contributed by atoms with Crippen LogP contribution < -0.4 is 9.47 Å². The van der Waals surface area contributed by atoms with Crippen LogP contribution in [0.2, 0.25) is 0 Å². The fourth-order valence-corrected chi connectivity index (χ4v) is 4.27. The lowest BCUT2D eigenvalue weighted by Crippen LogP contribution is -1.99. The van der Waals surface area contributed by atoms with Crippen molar-refractivity contribution in [2.75, 3.05) is 0 Å². The van der Waals surface area contributed by atoms with Gasteiger partial charge in [-0.15, -0.1) is 0 Å². The van der Waals surface area contributed by atoms with Crippen LogP contribution in [0.1, 0.15) is 22.3 Å². The highest BCUT2D eigenvalue weighted by Crippen LogP contribution is 2.40. The van der Waals surface area contributed by atoms with Gasteiger partial charge >= 0.3 is 0 Å². The average Bonchev–Trinajstić information content (AvgIpc) is 2.80. The van der Waals surface area contributed by atoms with Gasteiger partial charge in [0.25, 0.3) is 0 Å². The second-order valence-corrected chi connectivity index (χ2v) is 8.51. The van der Waals surface area contributed by atoms with Gasteiger partial charge in [-0.1, -0.05) is 84.6 Å². The second kappa shape index (κ2) is 10.2. The molecule has 4 aromatic carbocycles. The molecule has 0 radical (unpaired) electrons. The fraction of sp³-hybridized carbons (Fsp3) is 0.143. The van der Waals surface area contributed by atoms with Gasteiger partial charge in [-0.3, -0.25) is 0 Å². The number of hydrogen-bond acceptors (Lipinski definition) is 3. The highest BCUT2D eigenvalue weighted by molar-refractivity contribution is 7.99. The van der Waals surface area contributed by atoms with Crippen molar-refractivity contribution in [3.63, 3.8) is 0 Å². The summed E-state index contributed by atoms with van der Waals surface area (Å²) in [6.45, 7) is 5.33. The fourth-order valence-electron chi connectivity index (χ4n) is 3.28. The summed E-state index contributed by atoms with van der Waals surface area (Å²) in [5.41, 5.74) is 4.87. The first-order valence-electron chi connectivity index (χ1n) is 10.4. The van der Waals surface area contributed by atoms with Gasteiger partial charge in [0.1, 0.15) is 24.7 Å². The molecule has 0 aromatic heterocycles. The Labute approximate surface area is 188 Å². The lowest BCUT2D eigenvalue weighted by Gasteiger charge is -2.15. The molecule has 156 valence electrons. The van der Waals surface area contributed by atoms with Crippen molar-refractivity contribution in [3.8, 4) is 11.5 Å². The Kier molecular flexibility index (Phi) is 6.96. The molecular formula is C28H26O2S. The van der Waals surface area contributed by atoms with Crippen molar-refractivity contribution in [1.82, 2.24) is 0 Å². The number of hydrogen-bond donors (Lipinski definition) is 0. The molecular weight excluding hydrogens is 400 g/mol. The van der Waals surface area contributed by atoms with Gasteiger partial charge in [0.2, 0.25) is 0 Å². The summed E-state index contributed by atoms with van der Waals surface area (Å²) < 4.78 is 12.4. The first-order valence-corrected chi connectivity index (χ1v) is 11.2. The summed E-state index contributed by atoms with van der Waals surface area (Å²) in [5.74, 6) is 1.76. The molecule has 0 unspecified atom stereocenters. The zero-order chi connectivity index (χ0) is 21.5. The van der Waals surface area contributed by atoms with Gasteiger partial charge in [0, 0.05) is 0 Å². The topological polar surface area (TPSA) is 18.5 Å². The Morgan fingerprint density at radius 1 is 0.516 bits per heavy atom. The first kappa shape index (κ1) is 21.1. The molecule has 3 heteroatoms. The van der Waals surface area contributed by atoms with Crippen LogP contribution in [0.4, 0.5) is 0 Å². The molecule has 31 heavy (non-hydrogen) atoms. The minimum absolute atomic E-state index is 0.551. The van der Waals surface area contributed by atoms with Gasteiger partial charge in [-0.2, -0.15) is 0 Å². The van der Waals surface area contributed by atoms with E-state index in [0.29, 0.717) is 13.2 Å². The number of para-hydroxylation sites is 2. The molecule has 2 nitrogen and oxygen atoms in total. The SMILES string of the molecule is Cc1ccccc1COc1ccccc1Sc1ccccc1OCc1ccccc1C. The molecule has 0 saturated heterocycles. The third-order valence-electron chi connectivity index (χ3n) is 5.21. The van der Waals surface area contributed by atoms with Crippen LogP contribution in [0.5, 0.6) is 11.5 Å². The van der Waals surface area contributed by atoms with Crippen molar-refractivity contribution in [2.45, 2.75) is 36.9 Å². The van der Waals surface area contributed by atoms with Crippen LogP contribution in [0, 0.1) is 13.8 Å². The van der Waals surface area contributed by atoms with Gasteiger partial charge < -0.3 is 9.47 Å². The monoisotopic (exact) mass is 426 g/mol. The standard InChI is InChI=1S/C28H26O2S/c1-21-11-3-5-13-23(21)19-29-25-15-7-9-17-27(25)31-28-18-10-8-16-26(28)30-20-24-14-6-4-12-22(24)2/h3-18H,19-20H2,1-2H3. The third-order valence-corrected chi connectivity index (χ3v) is 6.32. The van der Waals surface area contributed by atoms with Crippen LogP contribution in [0.15, 0.2) is 107 Å². The summed E-state index contributed by atoms with van der Waals surface area (Å²) in [4.78, 5) is 2.14. The molecule has 0 amide bonds. The van der Waals surface area contributed by atoms with Gasteiger partial charge in [-0.25, -0.2) is 0 Å². The summed E-state index contributed by atoms with van der Waals surface area (Å²) >= 11 is 1.67. The lowest BCUT2D eigenvalue weighted by molar-refractivity contribution is 0.296. The van der Waals surface area contributed by atoms with Gasteiger partial charge in [0.15, 0.2) is 0 Å². The minimum Gasteiger partial charge on any atom is -0.488 e. The van der Waals surface area contributed by atoms with Crippen LogP contribution in [0.3, 0.4) is 0 Å². The van der Waals surface area contributed by atoms with E-state index in [1.54, 1.807) is 11.8 Å². The molecule has 0 N–H and O–H groups in total. The molecule has 0 bridgehead atoms. The quantitative estimate of drug-likeness (QED) is 0.289. The van der Waals surface area contributed by atoms with E-state index in [4.69, 9.17) is 9.47 Å². The van der Waals surface area contributed by atoms with E-state index < -0.39 is 0 Å². The number of rotatable bonds is 8. The Morgan fingerprint density at radius 3 is 1.35 bits per heavy atom. The van der Waals surface area contributed by atoms with E-state index in [1.807, 2.05) is 48.5 Å². The number of benzene rings is 4. The summed E-state index contributed by atoms with van der Waals surface area (Å²) in [7, 11) is 0. The van der Waals surface area contributed by atoms with Crippen molar-refractivity contribution in [1.29, 1.82) is 0 Å². The van der Waals surface area contributed by atoms with E-state index in [2.05, 4.69) is 62.4 Å². The van der Waals surface area contributed by atoms with Crippen molar-refractivity contribution in [3.05, 3.63) is 119 Å².